The minimum Gasteiger partial charge on any atom is -0.481 e. The molecule has 1 N–H and O–H groups in total. The molecule has 1 aromatic carbocycles. The lowest BCUT2D eigenvalue weighted by molar-refractivity contribution is -0.179. The summed E-state index contributed by atoms with van der Waals surface area (Å²) in [6.45, 7) is 0.414. The first-order chi connectivity index (χ1) is 7.12. The molecule has 2 rings (SSSR count). The zero-order valence-corrected chi connectivity index (χ0v) is 8.07. The molecule has 1 aromatic rings. The van der Waals surface area contributed by atoms with E-state index in [-0.39, 0.29) is 19.0 Å². The lowest BCUT2D eigenvalue weighted by atomic mass is 9.80. The largest absolute Gasteiger partial charge is 0.481 e. The summed E-state index contributed by atoms with van der Waals surface area (Å²) in [7, 11) is 0. The van der Waals surface area contributed by atoms with E-state index < -0.39 is 11.4 Å². The quantitative estimate of drug-likeness (QED) is 0.821. The number of hydrogen-bond donors (Lipinski definition) is 1. The van der Waals surface area contributed by atoms with Gasteiger partial charge in [-0.3, -0.25) is 4.79 Å². The van der Waals surface area contributed by atoms with Crippen molar-refractivity contribution in [3.8, 4) is 0 Å². The summed E-state index contributed by atoms with van der Waals surface area (Å²) in [5, 5.41) is 9.04. The van der Waals surface area contributed by atoms with Gasteiger partial charge in [0.25, 0.3) is 0 Å². The van der Waals surface area contributed by atoms with Gasteiger partial charge >= 0.3 is 5.97 Å². The summed E-state index contributed by atoms with van der Waals surface area (Å²) in [6.07, 6.45) is 0.320. The van der Waals surface area contributed by atoms with Crippen LogP contribution in [0.4, 0.5) is 4.39 Å². The van der Waals surface area contributed by atoms with Gasteiger partial charge in [0.1, 0.15) is 11.2 Å². The van der Waals surface area contributed by atoms with E-state index in [0.29, 0.717) is 12.0 Å². The molecule has 1 saturated heterocycles. The van der Waals surface area contributed by atoms with Crippen molar-refractivity contribution in [2.24, 2.45) is 5.41 Å². The molecule has 15 heavy (non-hydrogen) atoms. The number of aliphatic carboxylic acids is 1. The molecule has 3 nitrogen and oxygen atoms in total. The Hall–Kier alpha value is -1.42. The third kappa shape index (κ3) is 1.85. The standard InChI is InChI=1S/C11H11FO3/c12-9-3-1-2-8(4-9)5-11(10(13)14)6-15-7-11/h1-4H,5-7H2,(H,13,14). The van der Waals surface area contributed by atoms with E-state index >= 15 is 0 Å². The lowest BCUT2D eigenvalue weighted by Gasteiger charge is -2.37. The maximum atomic E-state index is 12.9. The third-order valence-corrected chi connectivity index (χ3v) is 2.64. The Balaban J connectivity index is 2.17. The van der Waals surface area contributed by atoms with E-state index in [2.05, 4.69) is 0 Å². The van der Waals surface area contributed by atoms with Crippen LogP contribution in [0, 0.1) is 11.2 Å². The third-order valence-electron chi connectivity index (χ3n) is 2.64. The first kappa shape index (κ1) is 10.1. The number of carboxylic acid groups (broad SMARTS) is 1. The van der Waals surface area contributed by atoms with Crippen LogP contribution in [-0.4, -0.2) is 24.3 Å². The number of halogens is 1. The van der Waals surface area contributed by atoms with Gasteiger partial charge < -0.3 is 9.84 Å². The summed E-state index contributed by atoms with van der Waals surface area (Å²) in [5.74, 6) is -1.22. The van der Waals surface area contributed by atoms with Crippen LogP contribution in [0.25, 0.3) is 0 Å². The second-order valence-corrected chi connectivity index (χ2v) is 3.88. The SMILES string of the molecule is O=C(O)C1(Cc2cccc(F)c2)COC1. The van der Waals surface area contributed by atoms with Crippen molar-refractivity contribution in [1.82, 2.24) is 0 Å². The minimum atomic E-state index is -0.877. The number of carbonyl (C=O) groups is 1. The van der Waals surface area contributed by atoms with Gasteiger partial charge in [-0.05, 0) is 24.1 Å². The van der Waals surface area contributed by atoms with E-state index in [9.17, 15) is 9.18 Å². The van der Waals surface area contributed by atoms with E-state index in [1.165, 1.54) is 12.1 Å². The van der Waals surface area contributed by atoms with Crippen LogP contribution in [0.15, 0.2) is 24.3 Å². The number of carboxylic acids is 1. The Kier molecular flexibility index (Phi) is 2.44. The van der Waals surface area contributed by atoms with Gasteiger partial charge in [0.15, 0.2) is 0 Å². The average Bonchev–Trinajstić information content (AvgIpc) is 2.11. The van der Waals surface area contributed by atoms with Gasteiger partial charge in [0.05, 0.1) is 13.2 Å². The first-order valence-electron chi connectivity index (χ1n) is 4.68. The summed E-state index contributed by atoms with van der Waals surface area (Å²) < 4.78 is 17.8. The highest BCUT2D eigenvalue weighted by molar-refractivity contribution is 5.76. The molecule has 1 heterocycles. The average molecular weight is 210 g/mol. The summed E-state index contributed by atoms with van der Waals surface area (Å²) in [6, 6.07) is 6.02. The second-order valence-electron chi connectivity index (χ2n) is 3.88. The van der Waals surface area contributed by atoms with E-state index in [1.807, 2.05) is 0 Å². The smallest absolute Gasteiger partial charge is 0.314 e. The Morgan fingerprint density at radius 3 is 2.73 bits per heavy atom. The molecule has 0 saturated carbocycles. The van der Waals surface area contributed by atoms with Crippen LogP contribution >= 0.6 is 0 Å². The fourth-order valence-electron chi connectivity index (χ4n) is 1.69. The molecular weight excluding hydrogens is 199 g/mol. The maximum absolute atomic E-state index is 12.9. The maximum Gasteiger partial charge on any atom is 0.314 e. The predicted octanol–water partition coefficient (Wildman–Crippen LogP) is 1.47. The summed E-state index contributed by atoms with van der Waals surface area (Å²) >= 11 is 0. The number of hydrogen-bond acceptors (Lipinski definition) is 2. The molecule has 0 unspecified atom stereocenters. The van der Waals surface area contributed by atoms with Gasteiger partial charge in [0, 0.05) is 0 Å². The number of benzene rings is 1. The van der Waals surface area contributed by atoms with Crippen molar-refractivity contribution in [3.05, 3.63) is 35.6 Å². The number of rotatable bonds is 3. The molecule has 0 bridgehead atoms. The number of ether oxygens (including phenoxy) is 1. The van der Waals surface area contributed by atoms with Crippen molar-refractivity contribution in [2.75, 3.05) is 13.2 Å². The topological polar surface area (TPSA) is 46.5 Å². The van der Waals surface area contributed by atoms with Crippen LogP contribution in [0.1, 0.15) is 5.56 Å². The van der Waals surface area contributed by atoms with Crippen molar-refractivity contribution >= 4 is 5.97 Å². The second kappa shape index (κ2) is 3.62. The van der Waals surface area contributed by atoms with Crippen LogP contribution in [0.2, 0.25) is 0 Å². The monoisotopic (exact) mass is 210 g/mol. The highest BCUT2D eigenvalue weighted by Gasteiger charge is 2.46. The van der Waals surface area contributed by atoms with E-state index in [1.54, 1.807) is 12.1 Å². The molecule has 0 radical (unpaired) electrons. The molecule has 1 fully saturated rings. The molecule has 0 atom stereocenters. The molecule has 0 spiro atoms. The zero-order chi connectivity index (χ0) is 10.9. The Bertz CT molecular complexity index is 385. The van der Waals surface area contributed by atoms with Gasteiger partial charge in [-0.1, -0.05) is 12.1 Å². The first-order valence-corrected chi connectivity index (χ1v) is 4.68. The summed E-state index contributed by atoms with van der Waals surface area (Å²) in [4.78, 5) is 11.0. The lowest BCUT2D eigenvalue weighted by Crippen LogP contribution is -2.50. The normalized spacial score (nSPS) is 18.2. The highest BCUT2D eigenvalue weighted by atomic mass is 19.1. The molecular formula is C11H11FO3. The van der Waals surface area contributed by atoms with Crippen LogP contribution in [0.3, 0.4) is 0 Å². The van der Waals surface area contributed by atoms with E-state index in [0.717, 1.165) is 0 Å². The molecule has 4 heteroatoms. The van der Waals surface area contributed by atoms with Crippen molar-refractivity contribution in [2.45, 2.75) is 6.42 Å². The van der Waals surface area contributed by atoms with Crippen LogP contribution in [-0.2, 0) is 16.0 Å². The van der Waals surface area contributed by atoms with Gasteiger partial charge in [0.2, 0.25) is 0 Å². The molecule has 0 aliphatic carbocycles. The van der Waals surface area contributed by atoms with E-state index in [4.69, 9.17) is 9.84 Å². The van der Waals surface area contributed by atoms with Gasteiger partial charge in [-0.2, -0.15) is 0 Å². The predicted molar refractivity (Wildman–Crippen MR) is 51.0 cm³/mol. The minimum absolute atomic E-state index is 0.207. The molecule has 1 aliphatic rings. The van der Waals surface area contributed by atoms with Crippen LogP contribution < -0.4 is 0 Å². The molecule has 0 aromatic heterocycles. The van der Waals surface area contributed by atoms with Crippen molar-refractivity contribution in [3.63, 3.8) is 0 Å². The highest BCUT2D eigenvalue weighted by Crippen LogP contribution is 2.32. The molecule has 80 valence electrons. The Labute approximate surface area is 86.5 Å². The van der Waals surface area contributed by atoms with Gasteiger partial charge in [-0.25, -0.2) is 4.39 Å². The molecule has 0 amide bonds. The fraction of sp³-hybridized carbons (Fsp3) is 0.364. The molecule has 1 aliphatic heterocycles. The van der Waals surface area contributed by atoms with Crippen molar-refractivity contribution in [1.29, 1.82) is 0 Å². The fourth-order valence-corrected chi connectivity index (χ4v) is 1.69. The Morgan fingerprint density at radius 1 is 1.53 bits per heavy atom. The Morgan fingerprint density at radius 2 is 2.27 bits per heavy atom. The summed E-state index contributed by atoms with van der Waals surface area (Å²) in [5.41, 5.74) is -0.158. The van der Waals surface area contributed by atoms with Crippen LogP contribution in [0.5, 0.6) is 0 Å². The van der Waals surface area contributed by atoms with Crippen molar-refractivity contribution < 1.29 is 19.0 Å². The zero-order valence-electron chi connectivity index (χ0n) is 8.07. The van der Waals surface area contributed by atoms with Gasteiger partial charge in [-0.15, -0.1) is 0 Å².